The summed E-state index contributed by atoms with van der Waals surface area (Å²) in [5, 5.41) is 2.85. The molecule has 0 radical (unpaired) electrons. The highest BCUT2D eigenvalue weighted by Gasteiger charge is 2.33. The number of benzene rings is 1. The molecular weight excluding hydrogens is 322 g/mol. The fourth-order valence-electron chi connectivity index (χ4n) is 2.81. The minimum Gasteiger partial charge on any atom is -0.468 e. The van der Waals surface area contributed by atoms with Crippen molar-refractivity contribution in [2.24, 2.45) is 0 Å². The lowest BCUT2D eigenvalue weighted by molar-refractivity contribution is 0.0693. The number of hydrogen-bond donors (Lipinski definition) is 1. The molecule has 0 spiro atoms. The lowest BCUT2D eigenvalue weighted by Crippen LogP contribution is -2.34. The molecule has 7 nitrogen and oxygen atoms in total. The first kappa shape index (κ1) is 16.9. The zero-order chi connectivity index (χ0) is 18.1. The van der Waals surface area contributed by atoms with Gasteiger partial charge in [0.25, 0.3) is 17.7 Å². The van der Waals surface area contributed by atoms with Crippen molar-refractivity contribution in [2.75, 3.05) is 27.7 Å². The molecule has 1 aromatic heterocycles. The Morgan fingerprint density at radius 1 is 1.20 bits per heavy atom. The van der Waals surface area contributed by atoms with Crippen molar-refractivity contribution < 1.29 is 18.8 Å². The number of rotatable bonds is 5. The average molecular weight is 341 g/mol. The van der Waals surface area contributed by atoms with Crippen LogP contribution in [0.25, 0.3) is 0 Å². The third-order valence-corrected chi connectivity index (χ3v) is 4.30. The maximum absolute atomic E-state index is 12.4. The van der Waals surface area contributed by atoms with Gasteiger partial charge in [-0.1, -0.05) is 0 Å². The van der Waals surface area contributed by atoms with Gasteiger partial charge in [0.15, 0.2) is 0 Å². The maximum Gasteiger partial charge on any atom is 0.261 e. The Kier molecular flexibility index (Phi) is 4.41. The van der Waals surface area contributed by atoms with Crippen LogP contribution in [0.5, 0.6) is 0 Å². The molecule has 1 aromatic carbocycles. The number of carbonyl (C=O) groups is 3. The zero-order valence-electron chi connectivity index (χ0n) is 14.3. The first-order valence-electron chi connectivity index (χ1n) is 7.84. The van der Waals surface area contributed by atoms with Gasteiger partial charge < -0.3 is 9.73 Å². The number of imide groups is 1. The van der Waals surface area contributed by atoms with Crippen LogP contribution >= 0.6 is 0 Å². The summed E-state index contributed by atoms with van der Waals surface area (Å²) >= 11 is 0. The van der Waals surface area contributed by atoms with E-state index in [9.17, 15) is 14.4 Å². The molecule has 130 valence electrons. The summed E-state index contributed by atoms with van der Waals surface area (Å²) in [6.07, 6.45) is 1.59. The molecule has 1 atom stereocenters. The molecule has 0 fully saturated rings. The van der Waals surface area contributed by atoms with Crippen molar-refractivity contribution in [3.05, 3.63) is 59.0 Å². The largest absolute Gasteiger partial charge is 0.468 e. The number of furan rings is 1. The third-order valence-electron chi connectivity index (χ3n) is 4.30. The molecule has 2 heterocycles. The standard InChI is InChI=1S/C18H19N3O4/c1-20(2)14(15-5-4-8-25-15)10-19-16(22)11-6-7-12-13(9-11)18(24)21(3)17(12)23/h4-9,14H,10H2,1-3H3,(H,19,22). The molecule has 3 rings (SSSR count). The highest BCUT2D eigenvalue weighted by atomic mass is 16.3. The second-order valence-electron chi connectivity index (χ2n) is 6.13. The molecule has 0 saturated carbocycles. The summed E-state index contributed by atoms with van der Waals surface area (Å²) in [6, 6.07) is 8.08. The molecule has 1 unspecified atom stereocenters. The lowest BCUT2D eigenvalue weighted by atomic mass is 10.1. The van der Waals surface area contributed by atoms with Crippen LogP contribution in [0.3, 0.4) is 0 Å². The number of nitrogens with zero attached hydrogens (tertiary/aromatic N) is 2. The van der Waals surface area contributed by atoms with Crippen LogP contribution in [0, 0.1) is 0 Å². The Labute approximate surface area is 145 Å². The van der Waals surface area contributed by atoms with Crippen LogP contribution in [0.1, 0.15) is 42.9 Å². The molecule has 1 N–H and O–H groups in total. The summed E-state index contributed by atoms with van der Waals surface area (Å²) in [5.74, 6) is -0.300. The Morgan fingerprint density at radius 3 is 2.56 bits per heavy atom. The second-order valence-corrected chi connectivity index (χ2v) is 6.13. The van der Waals surface area contributed by atoms with E-state index in [-0.39, 0.29) is 23.4 Å². The van der Waals surface area contributed by atoms with Gasteiger partial charge in [0.05, 0.1) is 23.4 Å². The van der Waals surface area contributed by atoms with E-state index in [4.69, 9.17) is 4.42 Å². The van der Waals surface area contributed by atoms with Crippen molar-refractivity contribution in [1.29, 1.82) is 0 Å². The van der Waals surface area contributed by atoms with Crippen molar-refractivity contribution in [3.63, 3.8) is 0 Å². The van der Waals surface area contributed by atoms with Crippen LogP contribution in [0.15, 0.2) is 41.0 Å². The van der Waals surface area contributed by atoms with Crippen LogP contribution in [-0.2, 0) is 0 Å². The minimum absolute atomic E-state index is 0.109. The van der Waals surface area contributed by atoms with Gasteiger partial charge in [-0.05, 0) is 44.4 Å². The number of amides is 3. The van der Waals surface area contributed by atoms with Crippen molar-refractivity contribution in [1.82, 2.24) is 15.1 Å². The quantitative estimate of drug-likeness (QED) is 0.834. The topological polar surface area (TPSA) is 82.9 Å². The summed E-state index contributed by atoms with van der Waals surface area (Å²) in [6.45, 7) is 0.350. The summed E-state index contributed by atoms with van der Waals surface area (Å²) in [7, 11) is 5.22. The van der Waals surface area contributed by atoms with Crippen molar-refractivity contribution in [3.8, 4) is 0 Å². The number of likely N-dealkylation sites (N-methyl/N-ethyl adjacent to an activating group) is 1. The van der Waals surface area contributed by atoms with E-state index in [2.05, 4.69) is 5.32 Å². The van der Waals surface area contributed by atoms with Crippen LogP contribution in [-0.4, -0.2) is 55.2 Å². The molecule has 0 saturated heterocycles. The molecule has 3 amide bonds. The predicted molar refractivity (Wildman–Crippen MR) is 90.3 cm³/mol. The third kappa shape index (κ3) is 3.06. The highest BCUT2D eigenvalue weighted by Crippen LogP contribution is 2.23. The van der Waals surface area contributed by atoms with Gasteiger partial charge in [0, 0.05) is 19.2 Å². The van der Waals surface area contributed by atoms with E-state index >= 15 is 0 Å². The van der Waals surface area contributed by atoms with Gasteiger partial charge in [-0.3, -0.25) is 24.2 Å². The fourth-order valence-corrected chi connectivity index (χ4v) is 2.81. The second kappa shape index (κ2) is 6.52. The Balaban J connectivity index is 1.74. The molecule has 25 heavy (non-hydrogen) atoms. The van der Waals surface area contributed by atoms with Gasteiger partial charge in [-0.2, -0.15) is 0 Å². The zero-order valence-corrected chi connectivity index (χ0v) is 14.3. The number of hydrogen-bond acceptors (Lipinski definition) is 5. The van der Waals surface area contributed by atoms with Gasteiger partial charge in [0.1, 0.15) is 5.76 Å². The SMILES string of the molecule is CN1C(=O)c2ccc(C(=O)NCC(c3ccco3)N(C)C)cc2C1=O. The Hall–Kier alpha value is -2.93. The first-order valence-corrected chi connectivity index (χ1v) is 7.84. The Morgan fingerprint density at radius 2 is 1.92 bits per heavy atom. The molecule has 0 aliphatic carbocycles. The molecule has 0 bridgehead atoms. The normalized spacial score (nSPS) is 14.8. The van der Waals surface area contributed by atoms with E-state index in [1.807, 2.05) is 25.1 Å². The van der Waals surface area contributed by atoms with Gasteiger partial charge in [0.2, 0.25) is 0 Å². The summed E-state index contributed by atoms with van der Waals surface area (Å²) < 4.78 is 5.41. The predicted octanol–water partition coefficient (Wildman–Crippen LogP) is 1.54. The van der Waals surface area contributed by atoms with E-state index in [0.717, 1.165) is 10.7 Å². The Bertz CT molecular complexity index is 827. The minimum atomic E-state index is -0.392. The van der Waals surface area contributed by atoms with Crippen molar-refractivity contribution in [2.45, 2.75) is 6.04 Å². The van der Waals surface area contributed by atoms with Crippen LogP contribution in [0.2, 0.25) is 0 Å². The fraction of sp³-hybridized carbons (Fsp3) is 0.278. The number of carbonyl (C=O) groups excluding carboxylic acids is 3. The average Bonchev–Trinajstić information content (AvgIpc) is 3.19. The van der Waals surface area contributed by atoms with Crippen LogP contribution in [0.4, 0.5) is 0 Å². The van der Waals surface area contributed by atoms with Gasteiger partial charge in [-0.25, -0.2) is 0 Å². The number of fused-ring (bicyclic) bond motifs is 1. The van der Waals surface area contributed by atoms with Gasteiger partial charge >= 0.3 is 0 Å². The van der Waals surface area contributed by atoms with Crippen molar-refractivity contribution >= 4 is 17.7 Å². The molecule has 7 heteroatoms. The smallest absolute Gasteiger partial charge is 0.261 e. The van der Waals surface area contributed by atoms with E-state index < -0.39 is 5.91 Å². The van der Waals surface area contributed by atoms with E-state index in [0.29, 0.717) is 17.7 Å². The first-order chi connectivity index (χ1) is 11.9. The molecule has 1 aliphatic rings. The van der Waals surface area contributed by atoms with E-state index in [1.54, 1.807) is 18.4 Å². The maximum atomic E-state index is 12.4. The molecule has 2 aromatic rings. The van der Waals surface area contributed by atoms with E-state index in [1.165, 1.54) is 19.2 Å². The monoisotopic (exact) mass is 341 g/mol. The lowest BCUT2D eigenvalue weighted by Gasteiger charge is -2.22. The van der Waals surface area contributed by atoms with Gasteiger partial charge in [-0.15, -0.1) is 0 Å². The van der Waals surface area contributed by atoms with Crippen LogP contribution < -0.4 is 5.32 Å². The summed E-state index contributed by atoms with van der Waals surface area (Å²) in [4.78, 5) is 39.4. The molecule has 1 aliphatic heterocycles. The molecular formula is C18H19N3O4. The highest BCUT2D eigenvalue weighted by molar-refractivity contribution is 6.21. The summed E-state index contributed by atoms with van der Waals surface area (Å²) in [5.41, 5.74) is 0.924. The number of nitrogens with one attached hydrogen (secondary N) is 1.